The van der Waals surface area contributed by atoms with Gasteiger partial charge in [0.1, 0.15) is 0 Å². The summed E-state index contributed by atoms with van der Waals surface area (Å²) >= 11 is 1.69. The maximum atomic E-state index is 4.73. The Morgan fingerprint density at radius 1 is 1.24 bits per heavy atom. The van der Waals surface area contributed by atoms with Crippen LogP contribution in [0.4, 0.5) is 5.13 Å². The summed E-state index contributed by atoms with van der Waals surface area (Å²) in [5.74, 6) is 3.92. The van der Waals surface area contributed by atoms with Crippen LogP contribution in [-0.4, -0.2) is 20.6 Å². The molecule has 3 aliphatic rings. The van der Waals surface area contributed by atoms with Gasteiger partial charge in [-0.05, 0) is 42.9 Å². The van der Waals surface area contributed by atoms with Crippen molar-refractivity contribution < 1.29 is 0 Å². The van der Waals surface area contributed by atoms with Gasteiger partial charge in [0.15, 0.2) is 0 Å². The Labute approximate surface area is 129 Å². The molecule has 21 heavy (non-hydrogen) atoms. The Hall–Kier alpha value is -1.10. The molecule has 1 N–H and O–H groups in total. The van der Waals surface area contributed by atoms with Crippen LogP contribution in [0.3, 0.4) is 0 Å². The zero-order valence-corrected chi connectivity index (χ0v) is 13.7. The molecule has 0 radical (unpaired) electrons. The lowest BCUT2D eigenvalue weighted by molar-refractivity contribution is 0.456. The zero-order chi connectivity index (χ0) is 14.4. The van der Waals surface area contributed by atoms with Gasteiger partial charge in [-0.1, -0.05) is 32.1 Å². The number of hydrogen-bond acceptors (Lipinski definition) is 4. The molecular formula is C16H22N4S. The molecule has 4 nitrogen and oxygen atoms in total. The molecule has 4 atom stereocenters. The molecule has 0 saturated heterocycles. The van der Waals surface area contributed by atoms with E-state index in [2.05, 4.69) is 37.4 Å². The van der Waals surface area contributed by atoms with Crippen molar-refractivity contribution in [3.63, 3.8) is 0 Å². The highest BCUT2D eigenvalue weighted by molar-refractivity contribution is 7.20. The highest BCUT2D eigenvalue weighted by Crippen LogP contribution is 2.66. The van der Waals surface area contributed by atoms with Gasteiger partial charge >= 0.3 is 0 Å². The number of anilines is 1. The molecule has 5 rings (SSSR count). The van der Waals surface area contributed by atoms with Crippen molar-refractivity contribution in [2.45, 2.75) is 51.5 Å². The van der Waals surface area contributed by atoms with Crippen molar-refractivity contribution in [3.05, 3.63) is 11.9 Å². The molecule has 2 aromatic rings. The Morgan fingerprint density at radius 3 is 2.57 bits per heavy atom. The average molecular weight is 302 g/mol. The number of rotatable bonds is 2. The molecule has 5 heteroatoms. The van der Waals surface area contributed by atoms with Gasteiger partial charge in [-0.2, -0.15) is 0 Å². The minimum atomic E-state index is 0.0910. The summed E-state index contributed by atoms with van der Waals surface area (Å²) in [6.45, 7) is 6.58. The van der Waals surface area contributed by atoms with E-state index in [0.717, 1.165) is 39.5 Å². The van der Waals surface area contributed by atoms with Crippen LogP contribution in [0.2, 0.25) is 0 Å². The first kappa shape index (κ1) is 12.4. The molecule has 2 aromatic heterocycles. The summed E-state index contributed by atoms with van der Waals surface area (Å²) in [6, 6.07) is 0.703. The number of aromatic nitrogens is 3. The van der Waals surface area contributed by atoms with Crippen molar-refractivity contribution >= 4 is 21.4 Å². The maximum Gasteiger partial charge on any atom is 0.214 e. The van der Waals surface area contributed by atoms with Crippen LogP contribution in [0.15, 0.2) is 6.20 Å². The van der Waals surface area contributed by atoms with Gasteiger partial charge < -0.3 is 5.32 Å². The van der Waals surface area contributed by atoms with Crippen LogP contribution in [0, 0.1) is 23.7 Å². The van der Waals surface area contributed by atoms with E-state index in [0.29, 0.717) is 6.04 Å². The second-order valence-corrected chi connectivity index (χ2v) is 9.12. The summed E-state index contributed by atoms with van der Waals surface area (Å²) in [5, 5.41) is 9.44. The summed E-state index contributed by atoms with van der Waals surface area (Å²) in [7, 11) is 0. The summed E-state index contributed by atoms with van der Waals surface area (Å²) in [4.78, 5) is 5.74. The van der Waals surface area contributed by atoms with Gasteiger partial charge in [0.25, 0.3) is 0 Å². The monoisotopic (exact) mass is 302 g/mol. The number of imidazole rings is 1. The van der Waals surface area contributed by atoms with E-state index in [-0.39, 0.29) is 5.41 Å². The lowest BCUT2D eigenvalue weighted by Gasteiger charge is -2.13. The van der Waals surface area contributed by atoms with Gasteiger partial charge in [0.05, 0.1) is 11.9 Å². The largest absolute Gasteiger partial charge is 0.357 e. The molecule has 2 heterocycles. The third-order valence-electron chi connectivity index (χ3n) is 5.84. The minimum Gasteiger partial charge on any atom is -0.357 e. The lowest BCUT2D eigenvalue weighted by Crippen LogP contribution is -2.13. The molecule has 0 spiro atoms. The molecule has 0 amide bonds. The standard InChI is InChI=1S/C16H22N4S/c1-16(2,3)10-7-20-15(17-10)21-14(19-20)18-13-11-8-4-5-9(6-8)12(11)13/h7-9,11-13H,4-6H2,1-3H3,(H,18,19). The molecule has 3 fully saturated rings. The molecule has 112 valence electrons. The number of hydrogen-bond donors (Lipinski definition) is 1. The predicted octanol–water partition coefficient (Wildman–Crippen LogP) is 3.54. The lowest BCUT2D eigenvalue weighted by atomic mass is 9.93. The van der Waals surface area contributed by atoms with Gasteiger partial charge in [-0.15, -0.1) is 5.10 Å². The Morgan fingerprint density at radius 2 is 1.95 bits per heavy atom. The quantitative estimate of drug-likeness (QED) is 0.922. The molecular weight excluding hydrogens is 280 g/mol. The van der Waals surface area contributed by atoms with E-state index < -0.39 is 0 Å². The van der Waals surface area contributed by atoms with Crippen LogP contribution in [0.1, 0.15) is 45.7 Å². The predicted molar refractivity (Wildman–Crippen MR) is 84.8 cm³/mol. The van der Waals surface area contributed by atoms with E-state index in [1.807, 2.05) is 4.52 Å². The highest BCUT2D eigenvalue weighted by Gasteiger charge is 2.65. The number of fused-ring (bicyclic) bond motifs is 6. The van der Waals surface area contributed by atoms with Crippen LogP contribution in [0.5, 0.6) is 0 Å². The second-order valence-electron chi connectivity index (χ2n) is 8.17. The summed E-state index contributed by atoms with van der Waals surface area (Å²) in [6.07, 6.45) is 6.53. The van der Waals surface area contributed by atoms with E-state index in [1.54, 1.807) is 11.3 Å². The van der Waals surface area contributed by atoms with E-state index >= 15 is 0 Å². The Bertz CT molecular complexity index is 662. The van der Waals surface area contributed by atoms with Crippen molar-refractivity contribution in [1.29, 1.82) is 0 Å². The van der Waals surface area contributed by atoms with Crippen LogP contribution >= 0.6 is 11.3 Å². The third kappa shape index (κ3) is 1.73. The molecule has 3 saturated carbocycles. The van der Waals surface area contributed by atoms with Crippen LogP contribution < -0.4 is 5.32 Å². The minimum absolute atomic E-state index is 0.0910. The Balaban J connectivity index is 1.37. The van der Waals surface area contributed by atoms with E-state index in [9.17, 15) is 0 Å². The van der Waals surface area contributed by atoms with Crippen LogP contribution in [0.25, 0.3) is 4.96 Å². The van der Waals surface area contributed by atoms with Crippen molar-refractivity contribution in [2.75, 3.05) is 5.32 Å². The van der Waals surface area contributed by atoms with Crippen LogP contribution in [-0.2, 0) is 5.41 Å². The van der Waals surface area contributed by atoms with E-state index in [4.69, 9.17) is 4.98 Å². The number of nitrogens with one attached hydrogen (secondary N) is 1. The fraction of sp³-hybridized carbons (Fsp3) is 0.750. The van der Waals surface area contributed by atoms with E-state index in [1.165, 1.54) is 19.3 Å². The van der Waals surface area contributed by atoms with Crippen molar-refractivity contribution in [1.82, 2.24) is 14.6 Å². The van der Waals surface area contributed by atoms with Crippen molar-refractivity contribution in [2.24, 2.45) is 23.7 Å². The normalized spacial score (nSPS) is 37.2. The Kier molecular flexibility index (Phi) is 2.25. The number of nitrogens with zero attached hydrogens (tertiary/aromatic N) is 3. The SMILES string of the molecule is CC(C)(C)c1cn2nc(NC3C4C5CCC(C5)C34)sc2n1. The average Bonchev–Trinajstić information content (AvgIpc) is 2.85. The summed E-state index contributed by atoms with van der Waals surface area (Å²) in [5.41, 5.74) is 1.21. The fourth-order valence-corrected chi connectivity index (χ4v) is 5.61. The fourth-order valence-electron chi connectivity index (χ4n) is 4.78. The van der Waals surface area contributed by atoms with Gasteiger partial charge in [-0.3, -0.25) is 0 Å². The second kappa shape index (κ2) is 3.80. The van der Waals surface area contributed by atoms with Gasteiger partial charge in [0.2, 0.25) is 10.1 Å². The topological polar surface area (TPSA) is 42.2 Å². The maximum absolute atomic E-state index is 4.73. The molecule has 0 aliphatic heterocycles. The van der Waals surface area contributed by atoms with Gasteiger partial charge in [0, 0.05) is 11.5 Å². The van der Waals surface area contributed by atoms with Crippen molar-refractivity contribution in [3.8, 4) is 0 Å². The first-order valence-electron chi connectivity index (χ1n) is 8.14. The summed E-state index contributed by atoms with van der Waals surface area (Å²) < 4.78 is 1.94. The molecule has 2 bridgehead atoms. The third-order valence-corrected chi connectivity index (χ3v) is 6.69. The van der Waals surface area contributed by atoms with Gasteiger partial charge in [-0.25, -0.2) is 9.50 Å². The molecule has 3 aliphatic carbocycles. The molecule has 4 unspecified atom stereocenters. The first-order valence-corrected chi connectivity index (χ1v) is 8.95. The zero-order valence-electron chi connectivity index (χ0n) is 12.8. The smallest absolute Gasteiger partial charge is 0.214 e. The highest BCUT2D eigenvalue weighted by atomic mass is 32.1. The molecule has 0 aromatic carbocycles. The first-order chi connectivity index (χ1) is 10.0.